The number of benzene rings is 3. The predicted octanol–water partition coefficient (Wildman–Crippen LogP) is 6.07. The van der Waals surface area contributed by atoms with Crippen LogP contribution < -0.4 is 19.7 Å². The second-order valence-electron chi connectivity index (χ2n) is 9.46. The normalized spacial score (nSPS) is 17.4. The number of carbonyl (C=O) groups is 2. The number of nitrogens with zero attached hydrogens (tertiary/aromatic N) is 2. The van der Waals surface area contributed by atoms with Gasteiger partial charge in [-0.05, 0) is 55.3 Å². The van der Waals surface area contributed by atoms with E-state index in [0.29, 0.717) is 31.2 Å². The summed E-state index contributed by atoms with van der Waals surface area (Å²) in [7, 11) is 0. The van der Waals surface area contributed by atoms with E-state index in [9.17, 15) is 9.59 Å². The number of ether oxygens (including phenoxy) is 3. The van der Waals surface area contributed by atoms with E-state index in [0.717, 1.165) is 58.6 Å². The maximum Gasteiger partial charge on any atom is 0.286 e. The Balaban J connectivity index is 0.00000194. The van der Waals surface area contributed by atoms with E-state index in [1.807, 2.05) is 67.6 Å². The zero-order valence-corrected chi connectivity index (χ0v) is 24.7. The van der Waals surface area contributed by atoms with Gasteiger partial charge in [0, 0.05) is 19.2 Å². The second kappa shape index (κ2) is 13.5. The number of halogens is 2. The Morgan fingerprint density at radius 1 is 1.02 bits per heavy atom. The third kappa shape index (κ3) is 7.08. The molecule has 1 aromatic heterocycles. The van der Waals surface area contributed by atoms with Gasteiger partial charge in [-0.25, -0.2) is 4.98 Å². The molecule has 2 unspecified atom stereocenters. The summed E-state index contributed by atoms with van der Waals surface area (Å²) in [4.78, 5) is 33.6. The molecular formula is C29H30Cl2N4O5S. The SMILES string of the molecule is CC(Oc1ccc(CC2SC(=O)NC2=O)cc1)c1nc2ccc(Oc3ccccc3N3CCOCC3)cc2[nH]1.Cl.Cl. The Morgan fingerprint density at radius 3 is 2.49 bits per heavy atom. The molecule has 6 rings (SSSR count). The lowest BCUT2D eigenvalue weighted by atomic mass is 10.1. The first-order valence-corrected chi connectivity index (χ1v) is 13.8. The van der Waals surface area contributed by atoms with Crippen LogP contribution in [-0.4, -0.2) is 52.7 Å². The van der Waals surface area contributed by atoms with Crippen LogP contribution >= 0.6 is 36.6 Å². The van der Waals surface area contributed by atoms with Gasteiger partial charge in [-0.3, -0.25) is 14.9 Å². The van der Waals surface area contributed by atoms with Gasteiger partial charge in [-0.2, -0.15) is 0 Å². The van der Waals surface area contributed by atoms with Crippen LogP contribution in [0.1, 0.15) is 24.4 Å². The van der Waals surface area contributed by atoms with Crippen LogP contribution in [0, 0.1) is 0 Å². The van der Waals surface area contributed by atoms with Crippen molar-refractivity contribution in [1.29, 1.82) is 0 Å². The number of amides is 2. The Hall–Kier alpha value is -3.44. The quantitative estimate of drug-likeness (QED) is 0.246. The fraction of sp³-hybridized carbons (Fsp3) is 0.276. The number of hydrogen-bond acceptors (Lipinski definition) is 8. The van der Waals surface area contributed by atoms with Crippen LogP contribution in [0.15, 0.2) is 66.7 Å². The fourth-order valence-corrected chi connectivity index (χ4v) is 5.57. The van der Waals surface area contributed by atoms with Crippen LogP contribution in [0.4, 0.5) is 10.5 Å². The number of thioether (sulfide) groups is 1. The molecule has 0 aliphatic carbocycles. The Kier molecular flexibility index (Phi) is 10.0. The number of carbonyl (C=O) groups excluding carboxylic acids is 2. The lowest BCUT2D eigenvalue weighted by molar-refractivity contribution is -0.118. The van der Waals surface area contributed by atoms with Gasteiger partial charge in [0.15, 0.2) is 11.9 Å². The maximum atomic E-state index is 11.8. The predicted molar refractivity (Wildman–Crippen MR) is 164 cm³/mol. The van der Waals surface area contributed by atoms with E-state index in [4.69, 9.17) is 19.2 Å². The molecule has 4 aromatic rings. The van der Waals surface area contributed by atoms with Gasteiger partial charge in [-0.1, -0.05) is 36.0 Å². The highest BCUT2D eigenvalue weighted by Gasteiger charge is 2.31. The minimum Gasteiger partial charge on any atom is -0.483 e. The van der Waals surface area contributed by atoms with Gasteiger partial charge >= 0.3 is 0 Å². The first-order valence-electron chi connectivity index (χ1n) is 12.9. The number of morpholine rings is 1. The van der Waals surface area contributed by atoms with Crippen LogP contribution in [0.2, 0.25) is 0 Å². The van der Waals surface area contributed by atoms with Crippen LogP contribution in [0.25, 0.3) is 11.0 Å². The number of aromatic amines is 1. The topological polar surface area (TPSA) is 106 Å². The third-order valence-corrected chi connectivity index (χ3v) is 7.71. The summed E-state index contributed by atoms with van der Waals surface area (Å²) in [5, 5.41) is 1.64. The Morgan fingerprint density at radius 2 is 1.76 bits per heavy atom. The maximum absolute atomic E-state index is 11.8. The highest BCUT2D eigenvalue weighted by atomic mass is 35.5. The number of anilines is 1. The van der Waals surface area contributed by atoms with Crippen LogP contribution in [0.3, 0.4) is 0 Å². The summed E-state index contributed by atoms with van der Waals surface area (Å²) in [6.45, 7) is 5.03. The molecule has 9 nitrogen and oxygen atoms in total. The molecule has 12 heteroatoms. The fourth-order valence-electron chi connectivity index (χ4n) is 4.71. The van der Waals surface area contributed by atoms with E-state index in [-0.39, 0.29) is 47.3 Å². The van der Waals surface area contributed by atoms with Gasteiger partial charge in [0.2, 0.25) is 5.91 Å². The molecule has 0 radical (unpaired) electrons. The molecule has 216 valence electrons. The lowest BCUT2D eigenvalue weighted by Gasteiger charge is -2.30. The van der Waals surface area contributed by atoms with E-state index in [1.165, 1.54) is 0 Å². The molecule has 41 heavy (non-hydrogen) atoms. The van der Waals surface area contributed by atoms with Crippen molar-refractivity contribution in [2.45, 2.75) is 24.7 Å². The van der Waals surface area contributed by atoms with E-state index in [2.05, 4.69) is 21.3 Å². The smallest absolute Gasteiger partial charge is 0.286 e. The molecule has 3 aromatic carbocycles. The summed E-state index contributed by atoms with van der Waals surface area (Å²) in [6, 6.07) is 21.4. The monoisotopic (exact) mass is 616 g/mol. The first kappa shape index (κ1) is 30.5. The number of rotatable bonds is 8. The summed E-state index contributed by atoms with van der Waals surface area (Å²) >= 11 is 1.03. The molecule has 2 aliphatic rings. The first-order chi connectivity index (χ1) is 19.0. The molecule has 0 saturated carbocycles. The number of H-pyrrole nitrogens is 1. The number of fused-ring (bicyclic) bond motifs is 1. The largest absolute Gasteiger partial charge is 0.483 e. The molecule has 0 bridgehead atoms. The summed E-state index contributed by atoms with van der Waals surface area (Å²) < 4.78 is 17.9. The van der Waals surface area contributed by atoms with Crippen molar-refractivity contribution in [3.8, 4) is 17.2 Å². The molecule has 2 N–H and O–H groups in total. The standard InChI is InChI=1S/C29H28N4O5S.2ClH/c1-18(37-20-8-6-19(7-9-20)16-26-28(34)32-29(35)39-26)27-30-22-11-10-21(17-23(22)31-27)38-25-5-3-2-4-24(25)33-12-14-36-15-13-33;;/h2-11,17-18,26H,12-16H2,1H3,(H,30,31)(H,32,34,35);2*1H. The summed E-state index contributed by atoms with van der Waals surface area (Å²) in [5.41, 5.74) is 3.70. The third-order valence-electron chi connectivity index (χ3n) is 6.73. The highest BCUT2D eigenvalue weighted by molar-refractivity contribution is 8.15. The summed E-state index contributed by atoms with van der Waals surface area (Å²) in [5.74, 6) is 2.68. The average Bonchev–Trinajstić information content (AvgIpc) is 3.52. The van der Waals surface area contributed by atoms with Crippen molar-refractivity contribution in [2.24, 2.45) is 0 Å². The molecule has 0 spiro atoms. The minimum absolute atomic E-state index is 0. The number of nitrogens with one attached hydrogen (secondary N) is 2. The molecule has 2 amide bonds. The van der Waals surface area contributed by atoms with Gasteiger partial charge in [0.05, 0.1) is 35.2 Å². The zero-order chi connectivity index (χ0) is 26.8. The average molecular weight is 618 g/mol. The number of aromatic nitrogens is 2. The van der Waals surface area contributed by atoms with Gasteiger partial charge in [0.1, 0.15) is 17.3 Å². The van der Waals surface area contributed by atoms with E-state index < -0.39 is 0 Å². The van der Waals surface area contributed by atoms with Gasteiger partial charge in [-0.15, -0.1) is 24.8 Å². The highest BCUT2D eigenvalue weighted by Crippen LogP contribution is 2.34. The number of imidazole rings is 1. The van der Waals surface area contributed by atoms with Crippen molar-refractivity contribution < 1.29 is 23.8 Å². The number of imide groups is 1. The van der Waals surface area contributed by atoms with Gasteiger partial charge < -0.3 is 24.1 Å². The zero-order valence-electron chi connectivity index (χ0n) is 22.2. The van der Waals surface area contributed by atoms with Crippen LogP contribution in [-0.2, 0) is 16.0 Å². The van der Waals surface area contributed by atoms with Gasteiger partial charge in [0.25, 0.3) is 5.24 Å². The summed E-state index contributed by atoms with van der Waals surface area (Å²) in [6.07, 6.45) is 0.173. The molecule has 2 aliphatic heterocycles. The Labute approximate surface area is 254 Å². The lowest BCUT2D eigenvalue weighted by Crippen LogP contribution is -2.36. The number of hydrogen-bond donors (Lipinski definition) is 2. The molecule has 2 saturated heterocycles. The van der Waals surface area contributed by atoms with Crippen molar-refractivity contribution in [3.05, 3.63) is 78.1 Å². The van der Waals surface area contributed by atoms with Crippen molar-refractivity contribution >= 4 is 64.4 Å². The molecule has 2 fully saturated rings. The molecular weight excluding hydrogens is 587 g/mol. The van der Waals surface area contributed by atoms with E-state index in [1.54, 1.807) is 0 Å². The number of para-hydroxylation sites is 2. The Bertz CT molecular complexity index is 1510. The minimum atomic E-state index is -0.388. The van der Waals surface area contributed by atoms with E-state index >= 15 is 0 Å². The molecule has 2 atom stereocenters. The van der Waals surface area contributed by atoms with Crippen molar-refractivity contribution in [1.82, 2.24) is 15.3 Å². The van der Waals surface area contributed by atoms with Crippen LogP contribution in [0.5, 0.6) is 17.2 Å². The van der Waals surface area contributed by atoms with Crippen molar-refractivity contribution in [3.63, 3.8) is 0 Å². The molecule has 3 heterocycles. The second-order valence-corrected chi connectivity index (χ2v) is 10.6. The van der Waals surface area contributed by atoms with Crippen molar-refractivity contribution in [2.75, 3.05) is 31.2 Å².